The van der Waals surface area contributed by atoms with E-state index in [0.717, 1.165) is 16.7 Å². The van der Waals surface area contributed by atoms with Gasteiger partial charge in [-0.2, -0.15) is 0 Å². The summed E-state index contributed by atoms with van der Waals surface area (Å²) >= 11 is 13.7. The molecule has 0 bridgehead atoms. The quantitative estimate of drug-likeness (QED) is 0.123. The number of ether oxygens (including phenoxy) is 1. The average molecular weight is 663 g/mol. The summed E-state index contributed by atoms with van der Waals surface area (Å²) < 4.78 is 8.91. The van der Waals surface area contributed by atoms with Crippen LogP contribution in [-0.2, 0) is 0 Å². The summed E-state index contributed by atoms with van der Waals surface area (Å²) in [5, 5.41) is 8.25. The molecule has 8 aromatic rings. The highest BCUT2D eigenvalue weighted by Gasteiger charge is 2.41. The van der Waals surface area contributed by atoms with E-state index in [1.54, 1.807) is 0 Å². The van der Waals surface area contributed by atoms with Crippen LogP contribution in [0.4, 0.5) is 0 Å². The molecule has 8 rings (SSSR count). The fraction of sp³-hybridized carbons (Fsp3) is 0. The van der Waals surface area contributed by atoms with Gasteiger partial charge in [0.15, 0.2) is 8.07 Å². The molecule has 5 heteroatoms. The number of benzene rings is 7. The lowest BCUT2D eigenvalue weighted by Gasteiger charge is -2.34. The molecule has 1 aromatic heterocycles. The van der Waals surface area contributed by atoms with E-state index in [2.05, 4.69) is 162 Å². The minimum absolute atomic E-state index is 0.374. The van der Waals surface area contributed by atoms with E-state index in [1.807, 2.05) is 18.2 Å². The van der Waals surface area contributed by atoms with E-state index in [4.69, 9.17) is 27.9 Å². The van der Waals surface area contributed by atoms with Crippen LogP contribution < -0.4 is 25.5 Å². The summed E-state index contributed by atoms with van der Waals surface area (Å²) in [6, 6.07) is 61.7. The van der Waals surface area contributed by atoms with E-state index in [1.165, 1.54) is 31.5 Å². The Morgan fingerprint density at radius 1 is 0.447 bits per heavy atom. The Kier molecular flexibility index (Phi) is 7.66. The smallest absolute Gasteiger partial charge is 0.179 e. The van der Waals surface area contributed by atoms with E-state index in [9.17, 15) is 0 Å². The van der Waals surface area contributed by atoms with Gasteiger partial charge in [0, 0.05) is 16.8 Å². The Bertz CT molecular complexity index is 2200. The molecule has 0 unspecified atom stereocenters. The normalized spacial score (nSPS) is 11.6. The minimum atomic E-state index is -2.73. The third-order valence-electron chi connectivity index (χ3n) is 8.93. The molecule has 1 heterocycles. The number of nitrogens with zero attached hydrogens (tertiary/aromatic N) is 1. The lowest BCUT2D eigenvalue weighted by Crippen LogP contribution is -2.74. The molecule has 0 fully saturated rings. The van der Waals surface area contributed by atoms with E-state index in [-0.39, 0.29) is 0 Å². The topological polar surface area (TPSA) is 14.2 Å². The fourth-order valence-electron chi connectivity index (χ4n) is 6.94. The standard InChI is InChI=1S/C42H29Cl2NOSi/c43-38-27-30(45-39-25-12-10-23-36(39)37-24-11-13-26-40(37)45)28-41(42(38)44)46-31-15-14-22-35(29-31)47(32-16-4-1-5-17-32,33-18-6-2-7-19-33)34-20-8-3-9-21-34/h1-29H. The number of hydrogen-bond acceptors (Lipinski definition) is 1. The minimum Gasteiger partial charge on any atom is -0.456 e. The van der Waals surface area contributed by atoms with Crippen molar-refractivity contribution in [3.8, 4) is 17.2 Å². The van der Waals surface area contributed by atoms with Gasteiger partial charge in [-0.15, -0.1) is 0 Å². The second kappa shape index (κ2) is 12.3. The van der Waals surface area contributed by atoms with E-state index >= 15 is 0 Å². The highest BCUT2D eigenvalue weighted by atomic mass is 35.5. The first kappa shape index (κ1) is 29.3. The van der Waals surface area contributed by atoms with Gasteiger partial charge in [0.2, 0.25) is 0 Å². The third kappa shape index (κ3) is 5.04. The largest absolute Gasteiger partial charge is 0.456 e. The van der Waals surface area contributed by atoms with Gasteiger partial charge in [-0.05, 0) is 51.1 Å². The predicted octanol–water partition coefficient (Wildman–Crippen LogP) is 9.26. The number of hydrogen-bond donors (Lipinski definition) is 0. The molecule has 0 atom stereocenters. The van der Waals surface area contributed by atoms with Crippen LogP contribution in [-0.4, -0.2) is 12.6 Å². The Morgan fingerprint density at radius 2 is 0.915 bits per heavy atom. The van der Waals surface area contributed by atoms with Crippen LogP contribution in [0.1, 0.15) is 0 Å². The molecule has 0 aliphatic heterocycles. The van der Waals surface area contributed by atoms with Gasteiger partial charge in [-0.3, -0.25) is 0 Å². The maximum atomic E-state index is 6.87. The van der Waals surface area contributed by atoms with Crippen LogP contribution in [0.2, 0.25) is 10.0 Å². The van der Waals surface area contributed by atoms with Crippen molar-refractivity contribution in [2.24, 2.45) is 0 Å². The van der Waals surface area contributed by atoms with Gasteiger partial charge in [0.05, 0.1) is 21.7 Å². The lowest BCUT2D eigenvalue weighted by molar-refractivity contribution is 0.483. The van der Waals surface area contributed by atoms with Crippen LogP contribution in [0.15, 0.2) is 176 Å². The molecule has 2 nitrogen and oxygen atoms in total. The predicted molar refractivity (Wildman–Crippen MR) is 201 cm³/mol. The molecule has 0 aliphatic rings. The number of aromatic nitrogens is 1. The van der Waals surface area contributed by atoms with Crippen molar-refractivity contribution < 1.29 is 4.74 Å². The first-order valence-corrected chi connectivity index (χ1v) is 18.3. The highest BCUT2D eigenvalue weighted by molar-refractivity contribution is 7.19. The second-order valence-corrected chi connectivity index (χ2v) is 16.2. The summed E-state index contributed by atoms with van der Waals surface area (Å²) in [6.07, 6.45) is 0. The van der Waals surface area contributed by atoms with Crippen LogP contribution in [0.25, 0.3) is 27.5 Å². The van der Waals surface area contributed by atoms with E-state index < -0.39 is 8.07 Å². The molecule has 0 spiro atoms. The molecule has 7 aromatic carbocycles. The third-order valence-corrected chi connectivity index (χ3v) is 14.5. The van der Waals surface area contributed by atoms with Crippen molar-refractivity contribution in [1.82, 2.24) is 4.57 Å². The molecule has 0 aliphatic carbocycles. The molecule has 0 amide bonds. The summed E-state index contributed by atoms with van der Waals surface area (Å²) in [6.45, 7) is 0. The van der Waals surface area contributed by atoms with Crippen molar-refractivity contribution in [2.75, 3.05) is 0 Å². The average Bonchev–Trinajstić information content (AvgIpc) is 3.47. The van der Waals surface area contributed by atoms with Crippen LogP contribution in [0.3, 0.4) is 0 Å². The lowest BCUT2D eigenvalue weighted by atomic mass is 10.2. The summed E-state index contributed by atoms with van der Waals surface area (Å²) in [5.74, 6) is 1.19. The molecule has 0 N–H and O–H groups in total. The monoisotopic (exact) mass is 661 g/mol. The number of rotatable bonds is 7. The Morgan fingerprint density at radius 3 is 1.45 bits per heavy atom. The molecule has 0 saturated carbocycles. The molecular formula is C42H29Cl2NOSi. The fourth-order valence-corrected chi connectivity index (χ4v) is 12.1. The zero-order valence-corrected chi connectivity index (χ0v) is 27.9. The zero-order chi connectivity index (χ0) is 31.8. The van der Waals surface area contributed by atoms with Crippen molar-refractivity contribution in [3.63, 3.8) is 0 Å². The number of halogens is 2. The zero-order valence-electron chi connectivity index (χ0n) is 25.4. The highest BCUT2D eigenvalue weighted by Crippen LogP contribution is 2.40. The Labute approximate surface area is 285 Å². The maximum Gasteiger partial charge on any atom is 0.179 e. The summed E-state index contributed by atoms with van der Waals surface area (Å²) in [4.78, 5) is 0. The van der Waals surface area contributed by atoms with Gasteiger partial charge in [-0.25, -0.2) is 0 Å². The number of para-hydroxylation sites is 2. The molecule has 47 heavy (non-hydrogen) atoms. The molecular weight excluding hydrogens is 633 g/mol. The van der Waals surface area contributed by atoms with Crippen molar-refractivity contribution in [2.45, 2.75) is 0 Å². The molecule has 226 valence electrons. The van der Waals surface area contributed by atoms with Crippen LogP contribution in [0, 0.1) is 0 Å². The van der Waals surface area contributed by atoms with Crippen molar-refractivity contribution in [1.29, 1.82) is 0 Å². The second-order valence-electron chi connectivity index (χ2n) is 11.6. The van der Waals surface area contributed by atoms with E-state index in [0.29, 0.717) is 21.5 Å². The van der Waals surface area contributed by atoms with Gasteiger partial charge in [-0.1, -0.05) is 163 Å². The number of fused-ring (bicyclic) bond motifs is 3. The van der Waals surface area contributed by atoms with Gasteiger partial charge < -0.3 is 9.30 Å². The van der Waals surface area contributed by atoms with Gasteiger partial charge >= 0.3 is 0 Å². The molecule has 0 saturated heterocycles. The van der Waals surface area contributed by atoms with Crippen molar-refractivity contribution >= 4 is 73.8 Å². The van der Waals surface area contributed by atoms with Crippen LogP contribution >= 0.6 is 23.2 Å². The van der Waals surface area contributed by atoms with Crippen molar-refractivity contribution in [3.05, 3.63) is 186 Å². The summed E-state index contributed by atoms with van der Waals surface area (Å²) in [7, 11) is -2.73. The Balaban J connectivity index is 1.29. The molecule has 0 radical (unpaired) electrons. The Hall–Kier alpha value is -5.06. The first-order valence-electron chi connectivity index (χ1n) is 15.6. The summed E-state index contributed by atoms with van der Waals surface area (Å²) in [5.41, 5.74) is 3.05. The van der Waals surface area contributed by atoms with Crippen LogP contribution in [0.5, 0.6) is 11.5 Å². The van der Waals surface area contributed by atoms with Gasteiger partial charge in [0.1, 0.15) is 16.5 Å². The SMILES string of the molecule is Clc1cc(-n2c3ccccc3c3ccccc32)cc(Oc2cccc([Si](c3ccccc3)(c3ccccc3)c3ccccc3)c2)c1Cl. The first-order chi connectivity index (χ1) is 23.1. The van der Waals surface area contributed by atoms with Gasteiger partial charge in [0.25, 0.3) is 0 Å². The maximum absolute atomic E-state index is 6.87.